The van der Waals surface area contributed by atoms with Gasteiger partial charge in [-0.1, -0.05) is 12.1 Å². The van der Waals surface area contributed by atoms with Gasteiger partial charge in [-0.05, 0) is 92.2 Å². The Morgan fingerprint density at radius 2 is 1.91 bits per heavy atom. The Morgan fingerprint density at radius 1 is 1.19 bits per heavy atom. The van der Waals surface area contributed by atoms with Crippen LogP contribution in [0.2, 0.25) is 0 Å². The van der Waals surface area contributed by atoms with Gasteiger partial charge in [-0.2, -0.15) is 0 Å². The number of hydrogen-bond acceptors (Lipinski definition) is 10. The molecule has 0 aliphatic carbocycles. The van der Waals surface area contributed by atoms with Gasteiger partial charge < -0.3 is 33.8 Å². The molecule has 14 heteroatoms. The summed E-state index contributed by atoms with van der Waals surface area (Å²) >= 11 is 0. The van der Waals surface area contributed by atoms with Gasteiger partial charge in [-0.25, -0.2) is 8.42 Å². The summed E-state index contributed by atoms with van der Waals surface area (Å²) in [6, 6.07) is 4.03. The van der Waals surface area contributed by atoms with Crippen LogP contribution in [-0.4, -0.2) is 117 Å². The number of hydrogen-bond donors (Lipinski definition) is 2. The number of benzene rings is 1. The molecule has 13 nitrogen and oxygen atoms in total. The molecular weight excluding hydrogens is 626 g/mol. The van der Waals surface area contributed by atoms with Crippen molar-refractivity contribution in [1.29, 1.82) is 0 Å². The molecule has 0 radical (unpaired) electrons. The number of aliphatic hydroxyl groups excluding tert-OH is 1. The average molecular weight is 680 g/mol. The Balaban J connectivity index is 1.95. The molecule has 0 saturated heterocycles. The van der Waals surface area contributed by atoms with Crippen molar-refractivity contribution in [1.82, 2.24) is 19.9 Å². The standard InChI is InChI=1S/C33H53N5O8S/c1-22-19-38(23(2)21-39)33(41)28-18-27(35-47(42,43)32-25(4)34-46-26(32)5)14-15-29(28)45-24(3)12-9-10-17-44-30(22)20-37(8)31(40)13-11-16-36(6)7/h14-15,18,22-24,30,35,39H,9-13,16-17,19-21H2,1-8H3/t22-,23+,24+,30-/m1/s1. The Bertz CT molecular complexity index is 1430. The van der Waals surface area contributed by atoms with Crippen molar-refractivity contribution in [2.24, 2.45) is 5.92 Å². The molecule has 0 bridgehead atoms. The summed E-state index contributed by atoms with van der Waals surface area (Å²) in [6.45, 7) is 10.3. The number of aliphatic hydroxyl groups is 1. The summed E-state index contributed by atoms with van der Waals surface area (Å²) < 4.78 is 46.8. The summed E-state index contributed by atoms with van der Waals surface area (Å²) in [6.07, 6.45) is 2.92. The maximum atomic E-state index is 14.3. The van der Waals surface area contributed by atoms with E-state index in [1.165, 1.54) is 13.0 Å². The number of nitrogens with zero attached hydrogens (tertiary/aromatic N) is 4. The quantitative estimate of drug-likeness (QED) is 0.359. The number of fused-ring (bicyclic) bond motifs is 1. The molecule has 3 rings (SSSR count). The Morgan fingerprint density at radius 3 is 2.55 bits per heavy atom. The summed E-state index contributed by atoms with van der Waals surface area (Å²) in [5, 5.41) is 14.0. The van der Waals surface area contributed by atoms with Crippen molar-refractivity contribution in [2.45, 2.75) is 89.9 Å². The number of sulfonamides is 1. The van der Waals surface area contributed by atoms with Crippen molar-refractivity contribution in [3.05, 3.63) is 35.2 Å². The summed E-state index contributed by atoms with van der Waals surface area (Å²) in [5.74, 6) is -0.139. The maximum Gasteiger partial charge on any atom is 0.267 e. The third-order valence-corrected chi connectivity index (χ3v) is 10.0. The van der Waals surface area contributed by atoms with Gasteiger partial charge >= 0.3 is 0 Å². The largest absolute Gasteiger partial charge is 0.490 e. The van der Waals surface area contributed by atoms with E-state index in [2.05, 4.69) is 9.88 Å². The van der Waals surface area contributed by atoms with E-state index in [9.17, 15) is 23.1 Å². The number of carbonyl (C=O) groups excluding carboxylic acids is 2. The topological polar surface area (TPSA) is 155 Å². The van der Waals surface area contributed by atoms with Gasteiger partial charge in [0, 0.05) is 44.8 Å². The van der Waals surface area contributed by atoms with Crippen LogP contribution in [0.1, 0.15) is 74.7 Å². The highest BCUT2D eigenvalue weighted by Gasteiger charge is 2.32. The third-order valence-electron chi connectivity index (χ3n) is 8.42. The minimum atomic E-state index is -4.08. The van der Waals surface area contributed by atoms with Crippen LogP contribution < -0.4 is 9.46 Å². The predicted molar refractivity (Wildman–Crippen MR) is 179 cm³/mol. The van der Waals surface area contributed by atoms with Crippen LogP contribution in [-0.2, 0) is 19.6 Å². The summed E-state index contributed by atoms with van der Waals surface area (Å²) in [5.41, 5.74) is 0.539. The molecule has 264 valence electrons. The fraction of sp³-hybridized carbons (Fsp3) is 0.667. The molecule has 1 aliphatic heterocycles. The van der Waals surface area contributed by atoms with Gasteiger partial charge in [0.1, 0.15) is 11.4 Å². The van der Waals surface area contributed by atoms with E-state index in [1.54, 1.807) is 42.8 Å². The van der Waals surface area contributed by atoms with E-state index in [4.69, 9.17) is 14.0 Å². The average Bonchev–Trinajstić information content (AvgIpc) is 3.36. The Hall–Kier alpha value is -3.20. The van der Waals surface area contributed by atoms with Crippen LogP contribution in [0.25, 0.3) is 0 Å². The van der Waals surface area contributed by atoms with Gasteiger partial charge in [0.05, 0.1) is 30.4 Å². The van der Waals surface area contributed by atoms with Crippen LogP contribution in [0.3, 0.4) is 0 Å². The van der Waals surface area contributed by atoms with Gasteiger partial charge in [-0.15, -0.1) is 0 Å². The van der Waals surface area contributed by atoms with E-state index in [1.807, 2.05) is 32.8 Å². The van der Waals surface area contributed by atoms with Gasteiger partial charge in [0.15, 0.2) is 10.7 Å². The van der Waals surface area contributed by atoms with Gasteiger partial charge in [0.25, 0.3) is 15.9 Å². The monoisotopic (exact) mass is 679 g/mol. The molecule has 2 aromatic rings. The zero-order valence-corrected chi connectivity index (χ0v) is 29.9. The Kier molecular flexibility index (Phi) is 14.1. The zero-order valence-electron chi connectivity index (χ0n) is 29.1. The number of anilines is 1. The second kappa shape index (κ2) is 17.3. The highest BCUT2D eigenvalue weighted by atomic mass is 32.2. The minimum absolute atomic E-state index is 0.0326. The highest BCUT2D eigenvalue weighted by Crippen LogP contribution is 2.30. The third kappa shape index (κ3) is 10.6. The lowest BCUT2D eigenvalue weighted by atomic mass is 10.0. The molecule has 1 aromatic heterocycles. The van der Waals surface area contributed by atoms with Crippen LogP contribution in [0, 0.1) is 19.8 Å². The number of rotatable bonds is 11. The molecule has 0 spiro atoms. The SMILES string of the molecule is Cc1noc(C)c1S(=O)(=O)Nc1ccc2c(c1)C(=O)N([C@@H](C)CO)C[C@@H](C)[C@@H](CN(C)C(=O)CCCN(C)C)OCCCC[C@H](C)O2. The number of aryl methyl sites for hydroxylation is 2. The van der Waals surface area contributed by atoms with E-state index < -0.39 is 22.0 Å². The Labute approximate surface area is 279 Å². The molecule has 0 saturated carbocycles. The first-order valence-corrected chi connectivity index (χ1v) is 17.8. The first-order chi connectivity index (χ1) is 22.1. The van der Waals surface area contributed by atoms with Gasteiger partial charge in [-0.3, -0.25) is 14.3 Å². The molecule has 2 amide bonds. The molecule has 0 unspecified atom stereocenters. The van der Waals surface area contributed by atoms with Crippen molar-refractivity contribution in [2.75, 3.05) is 58.7 Å². The predicted octanol–water partition coefficient (Wildman–Crippen LogP) is 3.69. The smallest absolute Gasteiger partial charge is 0.267 e. The lowest BCUT2D eigenvalue weighted by Crippen LogP contribution is -2.48. The van der Waals surface area contributed by atoms with Crippen LogP contribution in [0.15, 0.2) is 27.6 Å². The minimum Gasteiger partial charge on any atom is -0.490 e. The molecule has 4 atom stereocenters. The normalized spacial score (nSPS) is 20.7. The van der Waals surface area contributed by atoms with Crippen molar-refractivity contribution >= 4 is 27.5 Å². The molecule has 1 aromatic carbocycles. The van der Waals surface area contributed by atoms with Crippen molar-refractivity contribution in [3.63, 3.8) is 0 Å². The zero-order chi connectivity index (χ0) is 34.9. The van der Waals surface area contributed by atoms with E-state index in [0.29, 0.717) is 31.7 Å². The molecule has 1 aliphatic rings. The van der Waals surface area contributed by atoms with E-state index in [-0.39, 0.29) is 64.8 Å². The lowest BCUT2D eigenvalue weighted by Gasteiger charge is -2.36. The fourth-order valence-corrected chi connectivity index (χ4v) is 7.00. The van der Waals surface area contributed by atoms with E-state index in [0.717, 1.165) is 25.8 Å². The second-order valence-corrected chi connectivity index (χ2v) is 14.6. The highest BCUT2D eigenvalue weighted by molar-refractivity contribution is 7.92. The lowest BCUT2D eigenvalue weighted by molar-refractivity contribution is -0.132. The van der Waals surface area contributed by atoms with Gasteiger partial charge in [0.2, 0.25) is 5.91 Å². The summed E-state index contributed by atoms with van der Waals surface area (Å²) in [4.78, 5) is 32.5. The molecule has 2 N–H and O–H groups in total. The first-order valence-electron chi connectivity index (χ1n) is 16.3. The number of likely N-dealkylation sites (N-methyl/N-ethyl adjacent to an activating group) is 1. The number of aromatic nitrogens is 1. The van der Waals surface area contributed by atoms with Crippen molar-refractivity contribution < 1.29 is 37.1 Å². The van der Waals surface area contributed by atoms with Crippen molar-refractivity contribution in [3.8, 4) is 5.75 Å². The number of ether oxygens (including phenoxy) is 2. The fourth-order valence-electron chi connectivity index (χ4n) is 5.62. The number of nitrogens with one attached hydrogen (secondary N) is 1. The first kappa shape index (κ1) is 38.2. The number of carbonyl (C=O) groups is 2. The second-order valence-electron chi connectivity index (χ2n) is 13.0. The molecule has 47 heavy (non-hydrogen) atoms. The van der Waals surface area contributed by atoms with Crippen LogP contribution >= 0.6 is 0 Å². The molecule has 0 fully saturated rings. The molecule has 2 heterocycles. The van der Waals surface area contributed by atoms with E-state index >= 15 is 0 Å². The molecular formula is C33H53N5O8S. The van der Waals surface area contributed by atoms with Crippen LogP contribution in [0.5, 0.6) is 5.75 Å². The summed E-state index contributed by atoms with van der Waals surface area (Å²) in [7, 11) is 1.65. The number of amides is 2. The van der Waals surface area contributed by atoms with Crippen LogP contribution in [0.4, 0.5) is 5.69 Å². The maximum absolute atomic E-state index is 14.3.